The summed E-state index contributed by atoms with van der Waals surface area (Å²) < 4.78 is 1.57. The Morgan fingerprint density at radius 2 is 1.93 bits per heavy atom. The van der Waals surface area contributed by atoms with Gasteiger partial charge in [-0.25, -0.2) is 9.48 Å². The lowest BCUT2D eigenvalue weighted by atomic mass is 9.82. The molecule has 1 aliphatic carbocycles. The summed E-state index contributed by atoms with van der Waals surface area (Å²) in [5.74, 6) is -0.240. The largest absolute Gasteiger partial charge is 0.477 e. The maximum Gasteiger partial charge on any atom is 0.341 e. The van der Waals surface area contributed by atoms with Gasteiger partial charge in [-0.15, -0.1) is 16.4 Å². The fraction of sp³-hybridized carbons (Fsp3) is 0.550. The average Bonchev–Trinajstić information content (AvgIpc) is 3.22. The van der Waals surface area contributed by atoms with Crippen LogP contribution in [0.4, 0.5) is 5.82 Å². The number of anilines is 1. The molecule has 146 valence electrons. The first-order chi connectivity index (χ1) is 12.8. The number of carbonyl (C=O) groups excluding carboxylic acids is 1. The van der Waals surface area contributed by atoms with Gasteiger partial charge in [0.2, 0.25) is 5.91 Å². The van der Waals surface area contributed by atoms with Crippen LogP contribution in [-0.2, 0) is 4.79 Å². The molecule has 2 heterocycles. The van der Waals surface area contributed by atoms with Crippen LogP contribution in [0.2, 0.25) is 0 Å². The molecule has 0 saturated heterocycles. The molecular weight excluding hydrogens is 362 g/mol. The molecule has 6 nitrogen and oxygen atoms in total. The van der Waals surface area contributed by atoms with Crippen LogP contribution in [0.5, 0.6) is 0 Å². The van der Waals surface area contributed by atoms with Crippen molar-refractivity contribution in [3.63, 3.8) is 0 Å². The van der Waals surface area contributed by atoms with Crippen molar-refractivity contribution >= 4 is 29.0 Å². The summed E-state index contributed by atoms with van der Waals surface area (Å²) in [5, 5.41) is 15.1. The van der Waals surface area contributed by atoms with Gasteiger partial charge in [-0.2, -0.15) is 0 Å². The van der Waals surface area contributed by atoms with Crippen LogP contribution >= 0.6 is 11.3 Å². The van der Waals surface area contributed by atoms with E-state index in [1.54, 1.807) is 9.58 Å². The van der Waals surface area contributed by atoms with Crippen molar-refractivity contribution in [3.8, 4) is 5.00 Å². The lowest BCUT2D eigenvalue weighted by Crippen LogP contribution is -2.43. The second-order valence-electron chi connectivity index (χ2n) is 7.76. The van der Waals surface area contributed by atoms with Crippen molar-refractivity contribution in [1.29, 1.82) is 0 Å². The van der Waals surface area contributed by atoms with E-state index in [-0.39, 0.29) is 29.2 Å². The number of hydrogen-bond acceptors (Lipinski definition) is 4. The Hall–Kier alpha value is -2.15. The van der Waals surface area contributed by atoms with Gasteiger partial charge >= 0.3 is 5.97 Å². The van der Waals surface area contributed by atoms with E-state index < -0.39 is 5.97 Å². The van der Waals surface area contributed by atoms with Crippen LogP contribution in [0.15, 0.2) is 18.3 Å². The molecule has 0 aromatic carbocycles. The van der Waals surface area contributed by atoms with Gasteiger partial charge in [-0.1, -0.05) is 6.92 Å². The second-order valence-corrected chi connectivity index (χ2v) is 9.03. The third-order valence-corrected chi connectivity index (χ3v) is 6.21. The average molecular weight is 390 g/mol. The van der Waals surface area contributed by atoms with E-state index in [4.69, 9.17) is 0 Å². The Balaban J connectivity index is 1.98. The lowest BCUT2D eigenvalue weighted by Gasteiger charge is -2.32. The fourth-order valence-electron chi connectivity index (χ4n) is 3.66. The van der Waals surface area contributed by atoms with Crippen LogP contribution in [0.25, 0.3) is 5.00 Å². The molecule has 0 unspecified atom stereocenters. The number of carboxylic acid groups (broad SMARTS) is 1. The van der Waals surface area contributed by atoms with Gasteiger partial charge in [0, 0.05) is 23.0 Å². The van der Waals surface area contributed by atoms with Crippen molar-refractivity contribution in [3.05, 3.63) is 28.8 Å². The van der Waals surface area contributed by atoms with Gasteiger partial charge in [0.05, 0.1) is 0 Å². The van der Waals surface area contributed by atoms with Gasteiger partial charge in [-0.05, 0) is 64.5 Å². The lowest BCUT2D eigenvalue weighted by molar-refractivity contribution is -0.123. The zero-order valence-corrected chi connectivity index (χ0v) is 17.1. The van der Waals surface area contributed by atoms with Crippen molar-refractivity contribution in [2.24, 2.45) is 11.8 Å². The van der Waals surface area contributed by atoms with Gasteiger partial charge < -0.3 is 5.11 Å². The third kappa shape index (κ3) is 4.08. The van der Waals surface area contributed by atoms with E-state index in [1.165, 1.54) is 17.5 Å². The molecule has 1 saturated carbocycles. The van der Waals surface area contributed by atoms with Crippen LogP contribution in [-0.4, -0.2) is 32.8 Å². The van der Waals surface area contributed by atoms with Crippen molar-refractivity contribution in [2.75, 3.05) is 4.90 Å². The minimum atomic E-state index is -1.07. The van der Waals surface area contributed by atoms with Crippen molar-refractivity contribution in [1.82, 2.24) is 9.78 Å². The molecule has 0 atom stereocenters. The van der Waals surface area contributed by atoms with E-state index in [1.807, 2.05) is 32.9 Å². The molecule has 1 N–H and O–H groups in total. The van der Waals surface area contributed by atoms with Gasteiger partial charge in [0.1, 0.15) is 10.6 Å². The number of aryl methyl sites for hydroxylation is 1. The summed E-state index contributed by atoms with van der Waals surface area (Å²) in [4.78, 5) is 27.8. The number of aromatic nitrogens is 2. The second kappa shape index (κ2) is 7.84. The Bertz CT molecular complexity index is 831. The molecule has 7 heteroatoms. The Morgan fingerprint density at radius 1 is 1.26 bits per heavy atom. The Labute approximate surface area is 163 Å². The van der Waals surface area contributed by atoms with E-state index in [9.17, 15) is 14.7 Å². The predicted octanol–water partition coefficient (Wildman–Crippen LogP) is 4.51. The molecule has 0 spiro atoms. The molecule has 27 heavy (non-hydrogen) atoms. The van der Waals surface area contributed by atoms with Crippen molar-refractivity contribution < 1.29 is 14.7 Å². The molecule has 1 fully saturated rings. The number of carboxylic acids is 1. The van der Waals surface area contributed by atoms with Gasteiger partial charge in [0.25, 0.3) is 0 Å². The summed E-state index contributed by atoms with van der Waals surface area (Å²) in [6.45, 7) is 8.02. The number of hydrogen-bond donors (Lipinski definition) is 1. The smallest absolute Gasteiger partial charge is 0.341 e. The molecule has 0 aliphatic heterocycles. The zero-order valence-electron chi connectivity index (χ0n) is 16.3. The summed E-state index contributed by atoms with van der Waals surface area (Å²) in [6.07, 6.45) is 5.30. The Morgan fingerprint density at radius 3 is 2.44 bits per heavy atom. The first kappa shape index (κ1) is 19.6. The summed E-state index contributed by atoms with van der Waals surface area (Å²) in [5.41, 5.74) is 0.0623. The molecular formula is C20H27N3O3S. The number of rotatable bonds is 5. The fourth-order valence-corrected chi connectivity index (χ4v) is 4.45. The monoisotopic (exact) mass is 389 g/mol. The first-order valence-electron chi connectivity index (χ1n) is 9.50. The summed E-state index contributed by atoms with van der Waals surface area (Å²) in [6, 6.07) is 3.71. The quantitative estimate of drug-likeness (QED) is 0.816. The summed E-state index contributed by atoms with van der Waals surface area (Å²) >= 11 is 1.54. The highest BCUT2D eigenvalue weighted by Crippen LogP contribution is 2.33. The first-order valence-corrected chi connectivity index (χ1v) is 10.3. The molecule has 2 aromatic rings. The molecule has 2 aromatic heterocycles. The number of thiophene rings is 1. The van der Waals surface area contributed by atoms with Gasteiger partial charge in [-0.3, -0.25) is 9.69 Å². The van der Waals surface area contributed by atoms with Crippen LogP contribution in [0, 0.1) is 18.8 Å². The van der Waals surface area contributed by atoms with E-state index in [0.717, 1.165) is 35.6 Å². The number of carbonyl (C=O) groups is 2. The zero-order chi connectivity index (χ0) is 19.7. The molecule has 1 aliphatic rings. The third-order valence-electron chi connectivity index (χ3n) is 5.22. The highest BCUT2D eigenvalue weighted by atomic mass is 32.1. The van der Waals surface area contributed by atoms with Crippen molar-refractivity contribution in [2.45, 2.75) is 59.4 Å². The van der Waals surface area contributed by atoms with Gasteiger partial charge in [0.15, 0.2) is 5.82 Å². The minimum absolute atomic E-state index is 0.00740. The number of amides is 1. The number of nitrogens with zero attached hydrogens (tertiary/aromatic N) is 3. The maximum atomic E-state index is 13.3. The minimum Gasteiger partial charge on any atom is -0.477 e. The SMILES string of the molecule is Cc1ccc(-n2cc(C(=O)O)c(N(C(=O)C3CCC(C)CC3)C(C)C)n2)s1. The number of aromatic carboxylic acids is 1. The van der Waals surface area contributed by atoms with Crippen LogP contribution < -0.4 is 4.90 Å². The Kier molecular flexibility index (Phi) is 5.69. The van der Waals surface area contributed by atoms with E-state index in [0.29, 0.717) is 5.92 Å². The topological polar surface area (TPSA) is 75.4 Å². The van der Waals surface area contributed by atoms with Crippen LogP contribution in [0.1, 0.15) is 61.7 Å². The highest BCUT2D eigenvalue weighted by molar-refractivity contribution is 7.14. The molecule has 0 bridgehead atoms. The maximum absolute atomic E-state index is 13.3. The summed E-state index contributed by atoms with van der Waals surface area (Å²) in [7, 11) is 0. The van der Waals surface area contributed by atoms with E-state index >= 15 is 0 Å². The highest BCUT2D eigenvalue weighted by Gasteiger charge is 2.34. The predicted molar refractivity (Wildman–Crippen MR) is 107 cm³/mol. The standard InChI is InChI=1S/C20H27N3O3S/c1-12(2)23(19(24)15-8-5-13(3)6-9-15)18-16(20(25)26)11-22(21-18)17-10-7-14(4)27-17/h7,10-13,15H,5-6,8-9H2,1-4H3,(H,25,26). The molecule has 3 rings (SSSR count). The van der Waals surface area contributed by atoms with E-state index in [2.05, 4.69) is 12.0 Å². The molecule has 1 amide bonds. The molecule has 0 radical (unpaired) electrons. The van der Waals surface area contributed by atoms with Crippen LogP contribution in [0.3, 0.4) is 0 Å². The normalized spacial score (nSPS) is 20.0.